The fourth-order valence-electron chi connectivity index (χ4n) is 1.72. The molecule has 1 N–H and O–H groups in total. The zero-order valence-corrected chi connectivity index (χ0v) is 12.0. The molecule has 0 aliphatic carbocycles. The highest BCUT2D eigenvalue weighted by molar-refractivity contribution is 5.04. The molecule has 0 spiro atoms. The van der Waals surface area contributed by atoms with Gasteiger partial charge in [-0.2, -0.15) is 18.3 Å². The van der Waals surface area contributed by atoms with Gasteiger partial charge in [-0.3, -0.25) is 4.68 Å². The van der Waals surface area contributed by atoms with Gasteiger partial charge in [-0.05, 0) is 32.8 Å². The van der Waals surface area contributed by atoms with Crippen LogP contribution in [0, 0.1) is 5.92 Å². The third kappa shape index (κ3) is 4.86. The lowest BCUT2D eigenvalue weighted by molar-refractivity contribution is -0.141. The zero-order valence-electron chi connectivity index (χ0n) is 12.0. The topological polar surface area (TPSA) is 29.9 Å². The molecule has 0 fully saturated rings. The van der Waals surface area contributed by atoms with Crippen LogP contribution in [-0.4, -0.2) is 21.9 Å². The molecule has 0 bridgehead atoms. The van der Waals surface area contributed by atoms with E-state index < -0.39 is 11.9 Å². The van der Waals surface area contributed by atoms with E-state index in [9.17, 15) is 13.2 Å². The summed E-state index contributed by atoms with van der Waals surface area (Å²) in [6.45, 7) is 10.6. The van der Waals surface area contributed by atoms with Crippen LogP contribution in [0.4, 0.5) is 13.2 Å². The second-order valence-electron chi connectivity index (χ2n) is 6.12. The lowest BCUT2D eigenvalue weighted by Gasteiger charge is -2.27. The van der Waals surface area contributed by atoms with Crippen LogP contribution in [0.25, 0.3) is 0 Å². The number of alkyl halides is 3. The largest absolute Gasteiger partial charge is 0.435 e. The van der Waals surface area contributed by atoms with Crippen LogP contribution < -0.4 is 5.32 Å². The minimum Gasteiger partial charge on any atom is -0.310 e. The van der Waals surface area contributed by atoms with Gasteiger partial charge in [0.15, 0.2) is 5.69 Å². The summed E-state index contributed by atoms with van der Waals surface area (Å²) in [4.78, 5) is 0. The molecule has 0 radical (unpaired) electrons. The number of rotatable bonds is 4. The molecule has 19 heavy (non-hydrogen) atoms. The Bertz CT molecular complexity index is 402. The first-order valence-electron chi connectivity index (χ1n) is 6.38. The Morgan fingerprint density at radius 1 is 1.26 bits per heavy atom. The molecule has 1 heterocycles. The number of halogens is 3. The standard InChI is InChI=1S/C13H22F3N3/c1-9(2)10(8-17-12(3,4)5)19-7-6-11(18-19)13(14,15)16/h6-7,9-10,17H,8H2,1-5H3. The second-order valence-corrected chi connectivity index (χ2v) is 6.12. The molecule has 1 rings (SSSR count). The third-order valence-electron chi connectivity index (χ3n) is 2.85. The van der Waals surface area contributed by atoms with Crippen LogP contribution in [0.1, 0.15) is 46.4 Å². The van der Waals surface area contributed by atoms with Crippen LogP contribution in [0.2, 0.25) is 0 Å². The van der Waals surface area contributed by atoms with Crippen molar-refractivity contribution < 1.29 is 13.2 Å². The maximum absolute atomic E-state index is 12.5. The molecule has 1 aromatic rings. The normalized spacial score (nSPS) is 15.0. The molecule has 0 aliphatic heterocycles. The van der Waals surface area contributed by atoms with Crippen molar-refractivity contribution in [1.82, 2.24) is 15.1 Å². The van der Waals surface area contributed by atoms with Crippen molar-refractivity contribution in [2.24, 2.45) is 5.92 Å². The minimum atomic E-state index is -4.38. The van der Waals surface area contributed by atoms with Crippen molar-refractivity contribution in [3.63, 3.8) is 0 Å². The summed E-state index contributed by atoms with van der Waals surface area (Å²) >= 11 is 0. The number of nitrogens with zero attached hydrogens (tertiary/aromatic N) is 2. The molecule has 110 valence electrons. The maximum atomic E-state index is 12.5. The Morgan fingerprint density at radius 2 is 1.84 bits per heavy atom. The zero-order chi connectivity index (χ0) is 14.8. The van der Waals surface area contributed by atoms with Gasteiger partial charge in [0.2, 0.25) is 0 Å². The summed E-state index contributed by atoms with van der Waals surface area (Å²) in [5.74, 6) is 0.191. The van der Waals surface area contributed by atoms with Crippen molar-refractivity contribution in [3.05, 3.63) is 18.0 Å². The Labute approximate surface area is 112 Å². The highest BCUT2D eigenvalue weighted by Gasteiger charge is 2.34. The monoisotopic (exact) mass is 277 g/mol. The summed E-state index contributed by atoms with van der Waals surface area (Å²) in [7, 11) is 0. The van der Waals surface area contributed by atoms with Crippen molar-refractivity contribution >= 4 is 0 Å². The smallest absolute Gasteiger partial charge is 0.310 e. The Hall–Kier alpha value is -1.04. The van der Waals surface area contributed by atoms with E-state index in [0.717, 1.165) is 6.07 Å². The summed E-state index contributed by atoms with van der Waals surface area (Å²) in [6.07, 6.45) is -2.98. The van der Waals surface area contributed by atoms with Crippen LogP contribution in [0.15, 0.2) is 12.3 Å². The van der Waals surface area contributed by atoms with E-state index >= 15 is 0 Å². The summed E-state index contributed by atoms with van der Waals surface area (Å²) in [5, 5.41) is 6.96. The van der Waals surface area contributed by atoms with Crippen LogP contribution in [0.3, 0.4) is 0 Å². The van der Waals surface area contributed by atoms with Crippen molar-refractivity contribution in [3.8, 4) is 0 Å². The van der Waals surface area contributed by atoms with E-state index in [0.29, 0.717) is 6.54 Å². The molecular formula is C13H22F3N3. The van der Waals surface area contributed by atoms with Gasteiger partial charge < -0.3 is 5.32 Å². The van der Waals surface area contributed by atoms with E-state index in [1.807, 2.05) is 34.6 Å². The molecule has 0 amide bonds. The summed E-state index contributed by atoms with van der Waals surface area (Å²) < 4.78 is 39.1. The van der Waals surface area contributed by atoms with Crippen molar-refractivity contribution in [2.45, 2.75) is 52.4 Å². The number of nitrogens with one attached hydrogen (secondary N) is 1. The second kappa shape index (κ2) is 5.53. The van der Waals surface area contributed by atoms with Crippen molar-refractivity contribution in [1.29, 1.82) is 0 Å². The molecule has 0 saturated carbocycles. The lowest BCUT2D eigenvalue weighted by Crippen LogP contribution is -2.41. The fourth-order valence-corrected chi connectivity index (χ4v) is 1.72. The van der Waals surface area contributed by atoms with Gasteiger partial charge in [0.05, 0.1) is 6.04 Å². The molecule has 0 saturated heterocycles. The molecule has 1 atom stereocenters. The Balaban J connectivity index is 2.85. The first kappa shape index (κ1) is 16.0. The average molecular weight is 277 g/mol. The van der Waals surface area contributed by atoms with Gasteiger partial charge in [-0.15, -0.1) is 0 Å². The molecule has 1 aromatic heterocycles. The molecule has 3 nitrogen and oxygen atoms in total. The van der Waals surface area contributed by atoms with Gasteiger partial charge in [-0.25, -0.2) is 0 Å². The Morgan fingerprint density at radius 3 is 2.21 bits per heavy atom. The molecule has 6 heteroatoms. The van der Waals surface area contributed by atoms with Gasteiger partial charge in [0, 0.05) is 18.3 Å². The van der Waals surface area contributed by atoms with Crippen molar-refractivity contribution in [2.75, 3.05) is 6.54 Å². The summed E-state index contributed by atoms with van der Waals surface area (Å²) in [5.41, 5.74) is -0.915. The van der Waals surface area contributed by atoms with Crippen LogP contribution >= 0.6 is 0 Å². The first-order valence-corrected chi connectivity index (χ1v) is 6.38. The SMILES string of the molecule is CC(C)C(CNC(C)(C)C)n1ccc(C(F)(F)F)n1. The Kier molecular flexibility index (Phi) is 4.66. The van der Waals surface area contributed by atoms with E-state index in [1.54, 1.807) is 0 Å². The first-order chi connectivity index (χ1) is 8.50. The number of hydrogen-bond donors (Lipinski definition) is 1. The molecular weight excluding hydrogens is 255 g/mol. The summed E-state index contributed by atoms with van der Waals surface area (Å²) in [6, 6.07) is 0.919. The molecule has 1 unspecified atom stereocenters. The van der Waals surface area contributed by atoms with Gasteiger partial charge in [-0.1, -0.05) is 13.8 Å². The van der Waals surface area contributed by atoms with E-state index in [2.05, 4.69) is 10.4 Å². The van der Waals surface area contributed by atoms with E-state index in [-0.39, 0.29) is 17.5 Å². The van der Waals surface area contributed by atoms with E-state index in [4.69, 9.17) is 0 Å². The van der Waals surface area contributed by atoms with Gasteiger partial charge in [0.25, 0.3) is 0 Å². The number of hydrogen-bond acceptors (Lipinski definition) is 2. The van der Waals surface area contributed by atoms with Crippen LogP contribution in [-0.2, 0) is 6.18 Å². The third-order valence-corrected chi connectivity index (χ3v) is 2.85. The highest BCUT2D eigenvalue weighted by Crippen LogP contribution is 2.28. The predicted molar refractivity (Wildman–Crippen MR) is 68.9 cm³/mol. The minimum absolute atomic E-state index is 0.0762. The number of aromatic nitrogens is 2. The average Bonchev–Trinajstić information content (AvgIpc) is 2.63. The maximum Gasteiger partial charge on any atom is 0.435 e. The highest BCUT2D eigenvalue weighted by atomic mass is 19.4. The molecule has 0 aromatic carbocycles. The van der Waals surface area contributed by atoms with Gasteiger partial charge in [0.1, 0.15) is 0 Å². The van der Waals surface area contributed by atoms with E-state index in [1.165, 1.54) is 10.9 Å². The predicted octanol–water partition coefficient (Wildman–Crippen LogP) is 3.49. The lowest BCUT2D eigenvalue weighted by atomic mass is 10.0. The van der Waals surface area contributed by atoms with Gasteiger partial charge >= 0.3 is 6.18 Å². The molecule has 0 aliphatic rings. The van der Waals surface area contributed by atoms with Crippen LogP contribution in [0.5, 0.6) is 0 Å². The quantitative estimate of drug-likeness (QED) is 0.913. The fraction of sp³-hybridized carbons (Fsp3) is 0.769.